The van der Waals surface area contributed by atoms with Crippen LogP contribution in [0.15, 0.2) is 22.2 Å². The fourth-order valence-corrected chi connectivity index (χ4v) is 3.25. The Labute approximate surface area is 251 Å². The van der Waals surface area contributed by atoms with Crippen LogP contribution < -0.4 is 83.7 Å². The molecule has 1 aliphatic rings. The standard InChI is InChI=1S/2C6H7N5O.C6H14N2.4ClH.Pt/c2*1-11-2-8-3-4(11)9-6(7)10-5(3)12;7-5-3-1-2-4-6(5)8;;;;;/h2*2H,1H3,(H3,7,9,10,12);5-6H,1-4,7-8H2;4*1H;/q;;;;;;;+2/p-4. The molecule has 1 fully saturated rings. The molecular formula is C18H28Cl4N12O2Pt-2. The fraction of sp³-hybridized carbons (Fsp3) is 0.444. The number of nitrogens with one attached hydrogen (secondary N) is 2. The molecule has 37 heavy (non-hydrogen) atoms. The molecule has 1 aliphatic carbocycles. The van der Waals surface area contributed by atoms with Gasteiger partial charge in [-0.2, -0.15) is 9.97 Å². The first kappa shape index (κ1) is 39.6. The molecule has 2 atom stereocenters. The number of rotatable bonds is 0. The van der Waals surface area contributed by atoms with E-state index in [2.05, 4.69) is 29.9 Å². The summed E-state index contributed by atoms with van der Waals surface area (Å²) >= 11 is 0. The number of hydrogen-bond acceptors (Lipinski definition) is 10. The van der Waals surface area contributed by atoms with Gasteiger partial charge in [0.05, 0.1) is 12.7 Å². The normalized spacial score (nSPS) is 15.6. The van der Waals surface area contributed by atoms with Gasteiger partial charge in [-0.25, -0.2) is 9.97 Å². The number of H-pyrrole nitrogens is 2. The molecule has 212 valence electrons. The Morgan fingerprint density at radius 3 is 1.38 bits per heavy atom. The second-order valence-corrected chi connectivity index (χ2v) is 7.57. The monoisotopic (exact) mass is 779 g/mol. The maximum Gasteiger partial charge on any atom is 2.00 e. The van der Waals surface area contributed by atoms with Gasteiger partial charge in [-0.15, -0.1) is 0 Å². The van der Waals surface area contributed by atoms with Gasteiger partial charge in [0.15, 0.2) is 22.3 Å². The summed E-state index contributed by atoms with van der Waals surface area (Å²) in [6, 6.07) is 0.562. The number of nitrogens with two attached hydrogens (primary N) is 4. The molecule has 4 heterocycles. The van der Waals surface area contributed by atoms with Crippen molar-refractivity contribution in [3.8, 4) is 0 Å². The Bertz CT molecular complexity index is 1240. The van der Waals surface area contributed by atoms with Gasteiger partial charge in [-0.05, 0) is 12.8 Å². The van der Waals surface area contributed by atoms with Crippen LogP contribution >= 0.6 is 0 Å². The molecule has 2 unspecified atom stereocenters. The summed E-state index contributed by atoms with van der Waals surface area (Å²) in [5.74, 6) is 0.215. The van der Waals surface area contributed by atoms with Crippen molar-refractivity contribution in [1.29, 1.82) is 0 Å². The number of fused-ring (bicyclic) bond motifs is 2. The molecule has 10 N–H and O–H groups in total. The minimum absolute atomic E-state index is 0. The van der Waals surface area contributed by atoms with E-state index in [0.29, 0.717) is 22.3 Å². The predicted molar refractivity (Wildman–Crippen MR) is 122 cm³/mol. The molecule has 0 radical (unpaired) electrons. The number of aromatic amines is 2. The van der Waals surface area contributed by atoms with Crippen LogP contribution in [0, 0.1) is 0 Å². The van der Waals surface area contributed by atoms with Crippen LogP contribution in [0.3, 0.4) is 0 Å². The van der Waals surface area contributed by atoms with Crippen molar-refractivity contribution >= 4 is 34.2 Å². The van der Waals surface area contributed by atoms with Gasteiger partial charge >= 0.3 is 21.1 Å². The number of halogens is 4. The maximum atomic E-state index is 11.2. The van der Waals surface area contributed by atoms with Gasteiger partial charge < -0.3 is 81.7 Å². The summed E-state index contributed by atoms with van der Waals surface area (Å²) in [6.07, 6.45) is 7.84. The Kier molecular flexibility index (Phi) is 18.8. The van der Waals surface area contributed by atoms with Crippen LogP contribution in [0.2, 0.25) is 0 Å². The van der Waals surface area contributed by atoms with E-state index >= 15 is 0 Å². The van der Waals surface area contributed by atoms with Gasteiger partial charge in [0.2, 0.25) is 11.9 Å². The van der Waals surface area contributed by atoms with Crippen LogP contribution in [0.4, 0.5) is 11.9 Å². The molecule has 4 aromatic rings. The van der Waals surface area contributed by atoms with Crippen molar-refractivity contribution in [2.24, 2.45) is 25.6 Å². The molecule has 19 heteroatoms. The summed E-state index contributed by atoms with van der Waals surface area (Å²) in [6.45, 7) is 0. The molecule has 0 spiro atoms. The van der Waals surface area contributed by atoms with Gasteiger partial charge in [0.1, 0.15) is 0 Å². The van der Waals surface area contributed by atoms with Gasteiger partial charge in [-0.3, -0.25) is 19.6 Å². The zero-order valence-electron chi connectivity index (χ0n) is 19.8. The van der Waals surface area contributed by atoms with Crippen LogP contribution in [-0.4, -0.2) is 51.1 Å². The fourth-order valence-electron chi connectivity index (χ4n) is 3.25. The van der Waals surface area contributed by atoms with E-state index in [1.165, 1.54) is 25.5 Å². The van der Waals surface area contributed by atoms with Gasteiger partial charge in [0.25, 0.3) is 11.1 Å². The third-order valence-electron chi connectivity index (χ3n) is 5.05. The van der Waals surface area contributed by atoms with Crippen LogP contribution in [-0.2, 0) is 35.2 Å². The topological polar surface area (TPSA) is 231 Å². The second-order valence-electron chi connectivity index (χ2n) is 7.57. The number of aromatic nitrogens is 8. The molecule has 4 aromatic heterocycles. The summed E-state index contributed by atoms with van der Waals surface area (Å²) in [7, 11) is 3.50. The molecule has 0 aromatic carbocycles. The third-order valence-corrected chi connectivity index (χ3v) is 5.05. The van der Waals surface area contributed by atoms with Crippen molar-refractivity contribution in [1.82, 2.24) is 39.0 Å². The van der Waals surface area contributed by atoms with Crippen LogP contribution in [0.25, 0.3) is 22.3 Å². The predicted octanol–water partition coefficient (Wildman–Crippen LogP) is -13.3. The summed E-state index contributed by atoms with van der Waals surface area (Å²) in [4.78, 5) is 42.6. The first-order valence-corrected chi connectivity index (χ1v) is 10.0. The number of nitrogens with zero attached hydrogens (tertiary/aromatic N) is 6. The summed E-state index contributed by atoms with van der Waals surface area (Å²) in [5, 5.41) is 0. The van der Waals surface area contributed by atoms with Gasteiger partial charge in [-0.1, -0.05) is 12.8 Å². The molecule has 0 bridgehead atoms. The van der Waals surface area contributed by atoms with Crippen molar-refractivity contribution in [2.75, 3.05) is 11.5 Å². The number of aryl methyl sites for hydroxylation is 2. The average Bonchev–Trinajstić information content (AvgIpc) is 3.29. The van der Waals surface area contributed by atoms with Crippen molar-refractivity contribution < 1.29 is 70.7 Å². The van der Waals surface area contributed by atoms with E-state index in [1.807, 2.05) is 0 Å². The number of anilines is 2. The van der Waals surface area contributed by atoms with E-state index in [1.54, 1.807) is 23.2 Å². The van der Waals surface area contributed by atoms with E-state index in [4.69, 9.17) is 22.9 Å². The zero-order chi connectivity index (χ0) is 23.4. The Hall–Kier alpha value is -1.93. The number of hydrogen-bond donors (Lipinski definition) is 6. The minimum Gasteiger partial charge on any atom is -1.00 e. The Balaban J connectivity index is -0.000000447. The van der Waals surface area contributed by atoms with Crippen molar-refractivity contribution in [3.63, 3.8) is 0 Å². The smallest absolute Gasteiger partial charge is 1.00 e. The van der Waals surface area contributed by atoms with Gasteiger partial charge in [0, 0.05) is 26.2 Å². The average molecular weight is 781 g/mol. The number of imidazole rings is 2. The maximum absolute atomic E-state index is 11.2. The summed E-state index contributed by atoms with van der Waals surface area (Å²) in [5.41, 5.74) is 23.0. The molecule has 14 nitrogen and oxygen atoms in total. The molecule has 1 saturated carbocycles. The van der Waals surface area contributed by atoms with E-state index in [-0.39, 0.29) is 106 Å². The quantitative estimate of drug-likeness (QED) is 0.0987. The third kappa shape index (κ3) is 10.0. The minimum atomic E-state index is -0.307. The van der Waals surface area contributed by atoms with E-state index < -0.39 is 0 Å². The first-order chi connectivity index (χ1) is 15.2. The second kappa shape index (κ2) is 17.6. The zero-order valence-corrected chi connectivity index (χ0v) is 25.1. The first-order valence-electron chi connectivity index (χ1n) is 10.0. The Morgan fingerprint density at radius 1 is 0.757 bits per heavy atom. The molecule has 0 amide bonds. The van der Waals surface area contributed by atoms with E-state index in [9.17, 15) is 9.59 Å². The SMILES string of the molecule is Cn1cnc2c(=O)[nH]c(N)nc21.Cn1cnc2c(=O)[nH]c(N)nc21.NC1CCCCC1N.[Cl-].[Cl-].[Cl-].[Cl-].[Pt+2]. The largest absolute Gasteiger partial charge is 2.00 e. The molecule has 0 aliphatic heterocycles. The number of nitrogen functional groups attached to an aromatic ring is 2. The Morgan fingerprint density at radius 2 is 1.08 bits per heavy atom. The van der Waals surface area contributed by atoms with Crippen LogP contribution in [0.5, 0.6) is 0 Å². The summed E-state index contributed by atoms with van der Waals surface area (Å²) < 4.78 is 3.28. The van der Waals surface area contributed by atoms with Crippen LogP contribution in [0.1, 0.15) is 25.7 Å². The van der Waals surface area contributed by atoms with Crippen molar-refractivity contribution in [3.05, 3.63) is 33.4 Å². The van der Waals surface area contributed by atoms with E-state index in [0.717, 1.165) is 12.8 Å². The molecule has 5 rings (SSSR count). The molecular weight excluding hydrogens is 753 g/mol. The molecule has 0 saturated heterocycles. The van der Waals surface area contributed by atoms with Crippen molar-refractivity contribution in [2.45, 2.75) is 37.8 Å².